The summed E-state index contributed by atoms with van der Waals surface area (Å²) in [7, 11) is 5.63. The van der Waals surface area contributed by atoms with Crippen molar-refractivity contribution in [3.05, 3.63) is 35.1 Å². The third-order valence-corrected chi connectivity index (χ3v) is 6.96. The van der Waals surface area contributed by atoms with Crippen LogP contribution < -0.4 is 10.6 Å². The normalized spacial score (nSPS) is 21.8. The molecule has 2 fully saturated rings. The number of carbonyl (C=O) groups excluding carboxylic acids is 1. The Morgan fingerprint density at radius 1 is 1.22 bits per heavy atom. The Kier molecular flexibility index (Phi) is 11.5. The number of thioether (sulfide) groups is 1. The van der Waals surface area contributed by atoms with Crippen molar-refractivity contribution in [1.29, 1.82) is 0 Å². The van der Waals surface area contributed by atoms with Crippen LogP contribution in [0.2, 0.25) is 0 Å². The molecule has 0 atom stereocenters. The third-order valence-electron chi connectivity index (χ3n) is 6.02. The van der Waals surface area contributed by atoms with Gasteiger partial charge in [0.25, 0.3) is 0 Å². The molecule has 1 aliphatic heterocycles. The van der Waals surface area contributed by atoms with Crippen LogP contribution in [0.3, 0.4) is 0 Å². The molecule has 0 bridgehead atoms. The number of benzene rings is 1. The number of halogens is 2. The topological polar surface area (TPSA) is 60.0 Å². The molecule has 2 aliphatic rings. The molecule has 0 spiro atoms. The Balaban J connectivity index is 0.00000363. The van der Waals surface area contributed by atoms with Gasteiger partial charge in [-0.2, -0.15) is 11.8 Å². The van der Waals surface area contributed by atoms with Crippen molar-refractivity contribution in [1.82, 2.24) is 20.4 Å². The lowest BCUT2D eigenvalue weighted by molar-refractivity contribution is -0.136. The Morgan fingerprint density at radius 3 is 2.53 bits per heavy atom. The van der Waals surface area contributed by atoms with E-state index in [9.17, 15) is 9.18 Å². The van der Waals surface area contributed by atoms with Gasteiger partial charge in [0.15, 0.2) is 5.96 Å². The van der Waals surface area contributed by atoms with Crippen molar-refractivity contribution < 1.29 is 9.18 Å². The Labute approximate surface area is 213 Å². The molecule has 6 nitrogen and oxygen atoms in total. The fourth-order valence-corrected chi connectivity index (χ4v) is 5.20. The SMILES string of the molecule is CN=C(NCc1ccc(F)c(CN(C)C)c1)NC1CCC(C(=O)N2CCSCC2)CC1.I. The number of amides is 1. The zero-order chi connectivity index (χ0) is 22.2. The van der Waals surface area contributed by atoms with E-state index in [1.807, 2.05) is 42.9 Å². The van der Waals surface area contributed by atoms with Crippen LogP contribution in [0.15, 0.2) is 23.2 Å². The molecule has 3 rings (SSSR count). The first-order valence-corrected chi connectivity index (χ1v) is 12.4. The summed E-state index contributed by atoms with van der Waals surface area (Å²) in [5, 5.41) is 6.85. The highest BCUT2D eigenvalue weighted by Crippen LogP contribution is 2.27. The highest BCUT2D eigenvalue weighted by molar-refractivity contribution is 14.0. The van der Waals surface area contributed by atoms with Crippen molar-refractivity contribution in [3.63, 3.8) is 0 Å². The van der Waals surface area contributed by atoms with Crippen LogP contribution in [0.5, 0.6) is 0 Å². The maximum Gasteiger partial charge on any atom is 0.225 e. The van der Waals surface area contributed by atoms with E-state index in [2.05, 4.69) is 20.5 Å². The molecule has 2 N–H and O–H groups in total. The van der Waals surface area contributed by atoms with Crippen LogP contribution in [-0.4, -0.2) is 73.4 Å². The third kappa shape index (κ3) is 8.06. The number of hydrogen-bond donors (Lipinski definition) is 2. The lowest BCUT2D eigenvalue weighted by atomic mass is 9.85. The van der Waals surface area contributed by atoms with E-state index in [0.29, 0.717) is 30.6 Å². The zero-order valence-corrected chi connectivity index (χ0v) is 22.5. The molecule has 32 heavy (non-hydrogen) atoms. The number of hydrogen-bond acceptors (Lipinski definition) is 4. The Hall–Kier alpha value is -1.07. The summed E-state index contributed by atoms with van der Waals surface area (Å²) < 4.78 is 14.0. The monoisotopic (exact) mass is 577 g/mol. The molecule has 180 valence electrons. The van der Waals surface area contributed by atoms with Crippen molar-refractivity contribution in [2.75, 3.05) is 45.7 Å². The number of rotatable bonds is 6. The molecule has 0 unspecified atom stereocenters. The molecule has 1 saturated carbocycles. The summed E-state index contributed by atoms with van der Waals surface area (Å²) >= 11 is 1.93. The largest absolute Gasteiger partial charge is 0.354 e. The molecule has 1 aromatic carbocycles. The Bertz CT molecular complexity index is 765. The molecule has 9 heteroatoms. The minimum Gasteiger partial charge on any atom is -0.354 e. The number of nitrogens with zero attached hydrogens (tertiary/aromatic N) is 3. The molecular weight excluding hydrogens is 540 g/mol. The van der Waals surface area contributed by atoms with Crippen LogP contribution in [0.4, 0.5) is 4.39 Å². The number of nitrogens with one attached hydrogen (secondary N) is 2. The van der Waals surface area contributed by atoms with E-state index in [-0.39, 0.29) is 35.7 Å². The first kappa shape index (κ1) is 27.2. The highest BCUT2D eigenvalue weighted by Gasteiger charge is 2.30. The maximum atomic E-state index is 14.0. The summed E-state index contributed by atoms with van der Waals surface area (Å²) in [6, 6.07) is 5.58. The summed E-state index contributed by atoms with van der Waals surface area (Å²) in [4.78, 5) is 21.1. The molecule has 1 heterocycles. The van der Waals surface area contributed by atoms with Crippen molar-refractivity contribution in [3.8, 4) is 0 Å². The van der Waals surface area contributed by atoms with Gasteiger partial charge in [-0.1, -0.05) is 6.07 Å². The minimum absolute atomic E-state index is 0. The van der Waals surface area contributed by atoms with Crippen LogP contribution in [0, 0.1) is 11.7 Å². The molecule has 1 aliphatic carbocycles. The number of aliphatic imine (C=N–C) groups is 1. The van der Waals surface area contributed by atoms with Gasteiger partial charge in [-0.3, -0.25) is 9.79 Å². The second-order valence-electron chi connectivity index (χ2n) is 8.72. The first-order valence-electron chi connectivity index (χ1n) is 11.2. The second-order valence-corrected chi connectivity index (χ2v) is 9.94. The summed E-state index contributed by atoms with van der Waals surface area (Å²) in [6.07, 6.45) is 3.82. The van der Waals surface area contributed by atoms with Crippen LogP contribution in [0.1, 0.15) is 36.8 Å². The van der Waals surface area contributed by atoms with E-state index >= 15 is 0 Å². The fraction of sp³-hybridized carbons (Fsp3) is 0.652. The van der Waals surface area contributed by atoms with E-state index in [4.69, 9.17) is 0 Å². The molecule has 1 aromatic rings. The quantitative estimate of drug-likeness (QED) is 0.309. The standard InChI is InChI=1S/C23H36FN5OS.HI/c1-25-23(26-15-17-4-9-21(24)19(14-17)16-28(2)3)27-20-7-5-18(6-8-20)22(30)29-10-12-31-13-11-29;/h4,9,14,18,20H,5-8,10-13,15-16H2,1-3H3,(H2,25,26,27);1H. The van der Waals surface area contributed by atoms with Gasteiger partial charge in [0, 0.05) is 62.3 Å². The minimum atomic E-state index is -0.172. The average molecular weight is 578 g/mol. The van der Waals surface area contributed by atoms with Gasteiger partial charge < -0.3 is 20.4 Å². The van der Waals surface area contributed by atoms with Gasteiger partial charge in [0.1, 0.15) is 5.82 Å². The van der Waals surface area contributed by atoms with Crippen molar-refractivity contribution in [2.24, 2.45) is 10.9 Å². The van der Waals surface area contributed by atoms with Gasteiger partial charge in [-0.15, -0.1) is 24.0 Å². The van der Waals surface area contributed by atoms with E-state index in [1.54, 1.807) is 7.05 Å². The fourth-order valence-electron chi connectivity index (χ4n) is 4.30. The van der Waals surface area contributed by atoms with E-state index in [0.717, 1.165) is 61.8 Å². The van der Waals surface area contributed by atoms with Crippen LogP contribution in [-0.2, 0) is 17.9 Å². The molecular formula is C23H37FIN5OS. The second kappa shape index (κ2) is 13.6. The molecule has 1 saturated heterocycles. The molecule has 0 aromatic heterocycles. The van der Waals surface area contributed by atoms with Crippen LogP contribution >= 0.6 is 35.7 Å². The predicted molar refractivity (Wildman–Crippen MR) is 142 cm³/mol. The average Bonchev–Trinajstić information content (AvgIpc) is 2.78. The number of guanidine groups is 1. The highest BCUT2D eigenvalue weighted by atomic mass is 127. The maximum absolute atomic E-state index is 14.0. The van der Waals surface area contributed by atoms with Crippen molar-refractivity contribution >= 4 is 47.6 Å². The Morgan fingerprint density at radius 2 is 1.91 bits per heavy atom. The first-order chi connectivity index (χ1) is 15.0. The molecule has 1 amide bonds. The van der Waals surface area contributed by atoms with Gasteiger partial charge in [-0.05, 0) is 57.5 Å². The lowest BCUT2D eigenvalue weighted by Gasteiger charge is -2.34. The van der Waals surface area contributed by atoms with Gasteiger partial charge in [0.2, 0.25) is 5.91 Å². The molecule has 0 radical (unpaired) electrons. The summed E-state index contributed by atoms with van der Waals surface area (Å²) in [5.74, 6) is 3.23. The predicted octanol–water partition coefficient (Wildman–Crippen LogP) is 3.30. The summed E-state index contributed by atoms with van der Waals surface area (Å²) in [5.41, 5.74) is 1.72. The van der Waals surface area contributed by atoms with E-state index < -0.39 is 0 Å². The van der Waals surface area contributed by atoms with E-state index in [1.165, 1.54) is 6.07 Å². The smallest absolute Gasteiger partial charge is 0.225 e. The van der Waals surface area contributed by atoms with Gasteiger partial charge in [0.05, 0.1) is 0 Å². The van der Waals surface area contributed by atoms with Crippen molar-refractivity contribution in [2.45, 2.75) is 44.8 Å². The summed E-state index contributed by atoms with van der Waals surface area (Å²) in [6.45, 7) is 2.96. The van der Waals surface area contributed by atoms with Gasteiger partial charge in [-0.25, -0.2) is 4.39 Å². The van der Waals surface area contributed by atoms with Crippen LogP contribution in [0.25, 0.3) is 0 Å². The zero-order valence-electron chi connectivity index (χ0n) is 19.4. The number of carbonyl (C=O) groups is 1. The lowest BCUT2D eigenvalue weighted by Crippen LogP contribution is -2.47. The van der Waals surface area contributed by atoms with Gasteiger partial charge >= 0.3 is 0 Å².